The molecule has 0 aliphatic carbocycles. The number of halogens is 1. The SMILES string of the molecule is Cc1cc(C(=O)O)cc(C(=O)NCC2(c3ccccc3Cl)CCOCC2)c1. The van der Waals surface area contributed by atoms with E-state index in [-0.39, 0.29) is 16.9 Å². The summed E-state index contributed by atoms with van der Waals surface area (Å²) in [4.78, 5) is 24.0. The summed E-state index contributed by atoms with van der Waals surface area (Å²) >= 11 is 6.44. The fourth-order valence-electron chi connectivity index (χ4n) is 3.58. The standard InChI is InChI=1S/C21H22ClNO4/c1-14-10-15(12-16(11-14)20(25)26)19(24)23-13-21(6-8-27-9-7-21)17-4-2-3-5-18(17)22/h2-5,10-12H,6-9,13H2,1H3,(H,23,24)(H,25,26). The van der Waals surface area contributed by atoms with Crippen LogP contribution in [0.5, 0.6) is 0 Å². The van der Waals surface area contributed by atoms with Crippen LogP contribution in [0.2, 0.25) is 5.02 Å². The van der Waals surface area contributed by atoms with Crippen LogP contribution in [0.3, 0.4) is 0 Å². The minimum atomic E-state index is -1.05. The summed E-state index contributed by atoms with van der Waals surface area (Å²) in [6.07, 6.45) is 1.51. The number of carboxylic acid groups (broad SMARTS) is 1. The van der Waals surface area contributed by atoms with Crippen LogP contribution in [-0.2, 0) is 10.2 Å². The number of carboxylic acids is 1. The normalized spacial score (nSPS) is 15.9. The van der Waals surface area contributed by atoms with Gasteiger partial charge in [0, 0.05) is 35.8 Å². The average molecular weight is 388 g/mol. The molecule has 1 saturated heterocycles. The zero-order chi connectivity index (χ0) is 19.4. The van der Waals surface area contributed by atoms with E-state index in [4.69, 9.17) is 16.3 Å². The molecule has 3 rings (SSSR count). The molecule has 0 radical (unpaired) electrons. The summed E-state index contributed by atoms with van der Waals surface area (Å²) in [5.74, 6) is -1.34. The van der Waals surface area contributed by atoms with Gasteiger partial charge in [-0.15, -0.1) is 0 Å². The minimum Gasteiger partial charge on any atom is -0.478 e. The molecule has 0 unspecified atom stereocenters. The molecule has 0 aromatic heterocycles. The number of carbonyl (C=O) groups is 2. The van der Waals surface area contributed by atoms with Gasteiger partial charge in [0.1, 0.15) is 0 Å². The predicted molar refractivity (Wildman–Crippen MR) is 104 cm³/mol. The van der Waals surface area contributed by atoms with E-state index in [9.17, 15) is 14.7 Å². The van der Waals surface area contributed by atoms with E-state index in [1.807, 2.05) is 24.3 Å². The number of carbonyl (C=O) groups excluding carboxylic acids is 1. The third kappa shape index (κ3) is 4.31. The van der Waals surface area contributed by atoms with Crippen LogP contribution in [-0.4, -0.2) is 36.7 Å². The number of aromatic carboxylic acids is 1. The highest BCUT2D eigenvalue weighted by Crippen LogP contribution is 2.38. The van der Waals surface area contributed by atoms with Crippen molar-refractivity contribution in [2.24, 2.45) is 0 Å². The third-order valence-electron chi connectivity index (χ3n) is 5.07. The van der Waals surface area contributed by atoms with E-state index >= 15 is 0 Å². The van der Waals surface area contributed by atoms with Gasteiger partial charge in [0.15, 0.2) is 0 Å². The van der Waals surface area contributed by atoms with Gasteiger partial charge in [0.25, 0.3) is 5.91 Å². The van der Waals surface area contributed by atoms with Crippen LogP contribution in [0.15, 0.2) is 42.5 Å². The second kappa shape index (κ2) is 8.11. The molecule has 0 bridgehead atoms. The Morgan fingerprint density at radius 3 is 2.48 bits per heavy atom. The lowest BCUT2D eigenvalue weighted by Gasteiger charge is -2.38. The Kier molecular flexibility index (Phi) is 5.82. The highest BCUT2D eigenvalue weighted by atomic mass is 35.5. The highest BCUT2D eigenvalue weighted by Gasteiger charge is 2.36. The largest absolute Gasteiger partial charge is 0.478 e. The zero-order valence-corrected chi connectivity index (χ0v) is 15.9. The van der Waals surface area contributed by atoms with Gasteiger partial charge in [-0.05, 0) is 55.2 Å². The Morgan fingerprint density at radius 2 is 1.81 bits per heavy atom. The molecule has 1 heterocycles. The Labute approximate surface area is 163 Å². The number of aryl methyl sites for hydroxylation is 1. The molecule has 6 heteroatoms. The number of ether oxygens (including phenoxy) is 1. The molecule has 0 saturated carbocycles. The number of nitrogens with one attached hydrogen (secondary N) is 1. The monoisotopic (exact) mass is 387 g/mol. The molecule has 1 fully saturated rings. The Bertz CT molecular complexity index is 859. The van der Waals surface area contributed by atoms with Gasteiger partial charge in [0.2, 0.25) is 0 Å². The molecule has 2 N–H and O–H groups in total. The van der Waals surface area contributed by atoms with Crippen LogP contribution >= 0.6 is 11.6 Å². The predicted octanol–water partition coefficient (Wildman–Crippen LogP) is 3.82. The summed E-state index contributed by atoms with van der Waals surface area (Å²) in [7, 11) is 0. The second-order valence-corrected chi connectivity index (χ2v) is 7.36. The van der Waals surface area contributed by atoms with Gasteiger partial charge in [-0.2, -0.15) is 0 Å². The zero-order valence-electron chi connectivity index (χ0n) is 15.1. The van der Waals surface area contributed by atoms with Crippen molar-refractivity contribution in [2.45, 2.75) is 25.2 Å². The van der Waals surface area contributed by atoms with Crippen LogP contribution in [0.1, 0.15) is 44.7 Å². The first-order valence-corrected chi connectivity index (χ1v) is 9.25. The summed E-state index contributed by atoms with van der Waals surface area (Å²) in [6, 6.07) is 12.3. The molecule has 27 heavy (non-hydrogen) atoms. The van der Waals surface area contributed by atoms with E-state index in [2.05, 4.69) is 5.32 Å². The van der Waals surface area contributed by atoms with Gasteiger partial charge in [-0.3, -0.25) is 4.79 Å². The first-order chi connectivity index (χ1) is 12.9. The van der Waals surface area contributed by atoms with E-state index in [0.717, 1.165) is 24.0 Å². The average Bonchev–Trinajstić information content (AvgIpc) is 2.66. The molecule has 2 aromatic rings. The van der Waals surface area contributed by atoms with Gasteiger partial charge < -0.3 is 15.2 Å². The molecule has 142 valence electrons. The van der Waals surface area contributed by atoms with Crippen molar-refractivity contribution < 1.29 is 19.4 Å². The third-order valence-corrected chi connectivity index (χ3v) is 5.40. The number of hydrogen-bond acceptors (Lipinski definition) is 3. The Morgan fingerprint density at radius 1 is 1.15 bits per heavy atom. The molecule has 0 spiro atoms. The van der Waals surface area contributed by atoms with Gasteiger partial charge >= 0.3 is 5.97 Å². The van der Waals surface area contributed by atoms with Gasteiger partial charge in [0.05, 0.1) is 5.56 Å². The van der Waals surface area contributed by atoms with Crippen molar-refractivity contribution in [1.29, 1.82) is 0 Å². The molecule has 0 atom stereocenters. The summed E-state index contributed by atoms with van der Waals surface area (Å²) in [6.45, 7) is 3.39. The maximum absolute atomic E-state index is 12.7. The Balaban J connectivity index is 1.83. The molecule has 2 aromatic carbocycles. The molecule has 1 aliphatic heterocycles. The van der Waals surface area contributed by atoms with Crippen molar-refractivity contribution in [3.8, 4) is 0 Å². The van der Waals surface area contributed by atoms with E-state index in [1.54, 1.807) is 19.1 Å². The molecular weight excluding hydrogens is 366 g/mol. The quantitative estimate of drug-likeness (QED) is 0.817. The van der Waals surface area contributed by atoms with E-state index < -0.39 is 5.97 Å². The summed E-state index contributed by atoms with van der Waals surface area (Å²) in [5.41, 5.74) is 1.88. The van der Waals surface area contributed by atoms with Crippen LogP contribution in [0.25, 0.3) is 0 Å². The summed E-state index contributed by atoms with van der Waals surface area (Å²) < 4.78 is 5.51. The molecular formula is C21H22ClNO4. The second-order valence-electron chi connectivity index (χ2n) is 6.95. The smallest absolute Gasteiger partial charge is 0.335 e. The van der Waals surface area contributed by atoms with Crippen molar-refractivity contribution in [3.05, 3.63) is 69.7 Å². The maximum Gasteiger partial charge on any atom is 0.335 e. The minimum absolute atomic E-state index is 0.104. The summed E-state index contributed by atoms with van der Waals surface area (Å²) in [5, 5.41) is 12.9. The lowest BCUT2D eigenvalue weighted by Crippen LogP contribution is -2.44. The Hall–Kier alpha value is -2.37. The van der Waals surface area contributed by atoms with E-state index in [0.29, 0.717) is 30.3 Å². The lowest BCUT2D eigenvalue weighted by molar-refractivity contribution is 0.0487. The first kappa shape index (κ1) is 19.4. The number of benzene rings is 2. The van der Waals surface area contributed by atoms with Gasteiger partial charge in [-0.25, -0.2) is 4.79 Å². The van der Waals surface area contributed by atoms with Crippen molar-refractivity contribution in [1.82, 2.24) is 5.32 Å². The molecule has 5 nitrogen and oxygen atoms in total. The lowest BCUT2D eigenvalue weighted by atomic mass is 9.74. The topological polar surface area (TPSA) is 75.6 Å². The van der Waals surface area contributed by atoms with Crippen LogP contribution in [0, 0.1) is 6.92 Å². The number of amides is 1. The van der Waals surface area contributed by atoms with Gasteiger partial charge in [-0.1, -0.05) is 29.8 Å². The number of rotatable bonds is 5. The fourth-order valence-corrected chi connectivity index (χ4v) is 3.92. The van der Waals surface area contributed by atoms with E-state index in [1.165, 1.54) is 6.07 Å². The maximum atomic E-state index is 12.7. The first-order valence-electron chi connectivity index (χ1n) is 8.87. The fraction of sp³-hybridized carbons (Fsp3) is 0.333. The van der Waals surface area contributed by atoms with Crippen LogP contribution < -0.4 is 5.32 Å². The van der Waals surface area contributed by atoms with Crippen LogP contribution in [0.4, 0.5) is 0 Å². The van der Waals surface area contributed by atoms with Crippen molar-refractivity contribution in [2.75, 3.05) is 19.8 Å². The number of hydrogen-bond donors (Lipinski definition) is 2. The molecule has 1 amide bonds. The van der Waals surface area contributed by atoms with Crippen molar-refractivity contribution >= 4 is 23.5 Å². The molecule has 1 aliphatic rings. The van der Waals surface area contributed by atoms with Crippen molar-refractivity contribution in [3.63, 3.8) is 0 Å². The highest BCUT2D eigenvalue weighted by molar-refractivity contribution is 6.31.